The summed E-state index contributed by atoms with van der Waals surface area (Å²) in [5, 5.41) is 1.73. The van der Waals surface area contributed by atoms with E-state index in [9.17, 15) is 0 Å². The lowest BCUT2D eigenvalue weighted by Gasteiger charge is -2.44. The fourth-order valence-electron chi connectivity index (χ4n) is 5.23. The molecule has 1 aromatic rings. The number of rotatable bonds is 6. The molecular weight excluding hydrogens is 338 g/mol. The lowest BCUT2D eigenvalue weighted by molar-refractivity contribution is 0.481. The van der Waals surface area contributed by atoms with Crippen LogP contribution in [0.4, 0.5) is 0 Å². The first-order valence-corrected chi connectivity index (χ1v) is 14.3. The Morgan fingerprint density at radius 3 is 1.88 bits per heavy atom. The monoisotopic (exact) mass is 377 g/mol. The Hall–Kier alpha value is 0.210. The molecule has 0 nitrogen and oxygen atoms in total. The molecule has 142 valence electrons. The molecule has 0 spiro atoms. The molecule has 2 unspecified atom stereocenters. The highest BCUT2D eigenvalue weighted by Gasteiger charge is 2.34. The van der Waals surface area contributed by atoms with E-state index >= 15 is 0 Å². The molecule has 0 amide bonds. The van der Waals surface area contributed by atoms with Crippen molar-refractivity contribution in [2.24, 2.45) is 0 Å². The summed E-state index contributed by atoms with van der Waals surface area (Å²) >= 11 is 0. The molecule has 2 fully saturated rings. The van der Waals surface area contributed by atoms with E-state index in [1.54, 1.807) is 10.9 Å². The van der Waals surface area contributed by atoms with Crippen molar-refractivity contribution in [2.45, 2.75) is 108 Å². The summed E-state index contributed by atoms with van der Waals surface area (Å²) in [7, 11) is 0.141. The third kappa shape index (κ3) is 4.74. The van der Waals surface area contributed by atoms with Gasteiger partial charge in [0.25, 0.3) is 0 Å². The lowest BCUT2D eigenvalue weighted by atomic mass is 9.99. The summed E-state index contributed by atoms with van der Waals surface area (Å²) in [6.07, 6.45) is 15.1. The SMILES string of the molecule is CC(C)P(C)c1[cH-]ccc1C(C)P(C1CCCCC1)C1CCCCC1. The van der Waals surface area contributed by atoms with Gasteiger partial charge in [-0.3, -0.25) is 0 Å². The largest absolute Gasteiger partial charge is 0.209 e. The van der Waals surface area contributed by atoms with Gasteiger partial charge in [-0.2, -0.15) is 17.7 Å². The summed E-state index contributed by atoms with van der Waals surface area (Å²) in [6, 6.07) is 7.33. The standard InChI is InChI=1S/C23H39P2/c1-18(2)24(4)23-17-11-16-22(23)19(3)25(20-12-7-5-8-13-20)21-14-9-6-10-15-21/h11,16-21H,5-10,12-15H2,1-4H3/q-1. The van der Waals surface area contributed by atoms with E-state index in [0.29, 0.717) is 0 Å². The van der Waals surface area contributed by atoms with Crippen LogP contribution < -0.4 is 5.30 Å². The Balaban J connectivity index is 1.85. The van der Waals surface area contributed by atoms with E-state index < -0.39 is 0 Å². The van der Waals surface area contributed by atoms with E-state index in [4.69, 9.17) is 0 Å². The van der Waals surface area contributed by atoms with Gasteiger partial charge in [0.2, 0.25) is 0 Å². The normalized spacial score (nSPS) is 23.3. The maximum atomic E-state index is 2.62. The molecule has 0 radical (unpaired) electrons. The first-order valence-electron chi connectivity index (χ1n) is 10.9. The fourth-order valence-corrected chi connectivity index (χ4v) is 11.2. The average Bonchev–Trinajstić information content (AvgIpc) is 3.12. The summed E-state index contributed by atoms with van der Waals surface area (Å²) < 4.78 is 0. The van der Waals surface area contributed by atoms with Crippen LogP contribution >= 0.6 is 15.8 Å². The van der Waals surface area contributed by atoms with E-state index in [2.05, 4.69) is 45.6 Å². The van der Waals surface area contributed by atoms with Gasteiger partial charge in [-0.05, 0) is 49.3 Å². The van der Waals surface area contributed by atoms with E-state index in [1.165, 1.54) is 64.2 Å². The molecule has 2 aliphatic carbocycles. The van der Waals surface area contributed by atoms with Crippen LogP contribution in [0.25, 0.3) is 0 Å². The third-order valence-electron chi connectivity index (χ3n) is 6.87. The first-order chi connectivity index (χ1) is 12.1. The second-order valence-corrected chi connectivity index (χ2v) is 14.6. The molecular formula is C23H39P2-. The summed E-state index contributed by atoms with van der Waals surface area (Å²) in [4.78, 5) is 0. The molecule has 2 atom stereocenters. The van der Waals surface area contributed by atoms with Crippen molar-refractivity contribution in [3.8, 4) is 0 Å². The third-order valence-corrected chi connectivity index (χ3v) is 13.5. The predicted molar refractivity (Wildman–Crippen MR) is 119 cm³/mol. The lowest BCUT2D eigenvalue weighted by Crippen LogP contribution is -2.24. The molecule has 3 rings (SSSR count). The van der Waals surface area contributed by atoms with Gasteiger partial charge in [0, 0.05) is 0 Å². The smallest absolute Gasteiger partial charge is 0.0211 e. The molecule has 0 heterocycles. The van der Waals surface area contributed by atoms with Crippen LogP contribution in [0.1, 0.15) is 96.2 Å². The minimum Gasteiger partial charge on any atom is -0.209 e. The van der Waals surface area contributed by atoms with Crippen molar-refractivity contribution >= 4 is 21.1 Å². The molecule has 0 saturated heterocycles. The van der Waals surface area contributed by atoms with Crippen LogP contribution in [0.5, 0.6) is 0 Å². The van der Waals surface area contributed by atoms with E-state index in [-0.39, 0.29) is 15.8 Å². The zero-order valence-electron chi connectivity index (χ0n) is 17.0. The van der Waals surface area contributed by atoms with Crippen LogP contribution in [0.3, 0.4) is 0 Å². The van der Waals surface area contributed by atoms with Crippen LogP contribution in [-0.4, -0.2) is 23.6 Å². The summed E-state index contributed by atoms with van der Waals surface area (Å²) in [5.74, 6) is 0. The van der Waals surface area contributed by atoms with Crippen LogP contribution in [0, 0.1) is 0 Å². The fraction of sp³-hybridized carbons (Fsp3) is 0.783. The Kier molecular flexibility index (Phi) is 7.52. The molecule has 2 heteroatoms. The van der Waals surface area contributed by atoms with Crippen molar-refractivity contribution in [2.75, 3.05) is 6.66 Å². The molecule has 0 aromatic heterocycles. The quantitative estimate of drug-likeness (QED) is 0.351. The van der Waals surface area contributed by atoms with Crippen molar-refractivity contribution in [1.29, 1.82) is 0 Å². The highest BCUT2D eigenvalue weighted by Crippen LogP contribution is 2.64. The van der Waals surface area contributed by atoms with Gasteiger partial charge in [0.1, 0.15) is 0 Å². The summed E-state index contributed by atoms with van der Waals surface area (Å²) in [6.45, 7) is 9.96. The van der Waals surface area contributed by atoms with Crippen molar-refractivity contribution < 1.29 is 0 Å². The maximum Gasteiger partial charge on any atom is -0.0211 e. The minimum atomic E-state index is -0.000147. The van der Waals surface area contributed by atoms with Gasteiger partial charge < -0.3 is 0 Å². The van der Waals surface area contributed by atoms with Gasteiger partial charge in [-0.15, -0.1) is 21.1 Å². The Morgan fingerprint density at radius 2 is 1.40 bits per heavy atom. The topological polar surface area (TPSA) is 0 Å². The molecule has 1 aromatic carbocycles. The second-order valence-electron chi connectivity index (χ2n) is 8.78. The van der Waals surface area contributed by atoms with Crippen LogP contribution in [0.2, 0.25) is 0 Å². The first kappa shape index (κ1) is 20.0. The predicted octanol–water partition coefficient (Wildman–Crippen LogP) is 7.76. The Bertz CT molecular complexity index is 488. The van der Waals surface area contributed by atoms with Gasteiger partial charge >= 0.3 is 0 Å². The van der Waals surface area contributed by atoms with E-state index in [0.717, 1.165) is 22.6 Å². The molecule has 0 aliphatic heterocycles. The number of hydrogen-bond acceptors (Lipinski definition) is 0. The number of hydrogen-bond donors (Lipinski definition) is 0. The zero-order chi connectivity index (χ0) is 17.8. The van der Waals surface area contributed by atoms with Crippen LogP contribution in [-0.2, 0) is 0 Å². The van der Waals surface area contributed by atoms with Crippen molar-refractivity contribution in [1.82, 2.24) is 0 Å². The van der Waals surface area contributed by atoms with Gasteiger partial charge in [-0.1, -0.05) is 65.0 Å². The van der Waals surface area contributed by atoms with Gasteiger partial charge in [0.15, 0.2) is 0 Å². The molecule has 0 bridgehead atoms. The highest BCUT2D eigenvalue weighted by atomic mass is 31.1. The van der Waals surface area contributed by atoms with Crippen molar-refractivity contribution in [3.05, 3.63) is 23.8 Å². The molecule has 25 heavy (non-hydrogen) atoms. The maximum absolute atomic E-state index is 2.62. The molecule has 2 saturated carbocycles. The second kappa shape index (κ2) is 9.42. The minimum absolute atomic E-state index is 0.000147. The summed E-state index contributed by atoms with van der Waals surface area (Å²) in [5.41, 5.74) is 5.51. The zero-order valence-corrected chi connectivity index (χ0v) is 18.8. The Labute approximate surface area is 159 Å². The van der Waals surface area contributed by atoms with E-state index in [1.807, 2.05) is 0 Å². The average molecular weight is 378 g/mol. The van der Waals surface area contributed by atoms with Gasteiger partial charge in [0.05, 0.1) is 0 Å². The molecule has 0 N–H and O–H groups in total. The highest BCUT2D eigenvalue weighted by molar-refractivity contribution is 7.66. The van der Waals surface area contributed by atoms with Crippen LogP contribution in [0.15, 0.2) is 18.2 Å². The Morgan fingerprint density at radius 1 is 0.880 bits per heavy atom. The van der Waals surface area contributed by atoms with Gasteiger partial charge in [-0.25, -0.2) is 6.07 Å². The van der Waals surface area contributed by atoms with Crippen molar-refractivity contribution in [3.63, 3.8) is 0 Å². The molecule has 2 aliphatic rings.